The van der Waals surface area contributed by atoms with Gasteiger partial charge in [0.25, 0.3) is 0 Å². The summed E-state index contributed by atoms with van der Waals surface area (Å²) in [5.41, 5.74) is 8.23. The Morgan fingerprint density at radius 2 is 2.24 bits per heavy atom. The van der Waals surface area contributed by atoms with Gasteiger partial charge in [-0.15, -0.1) is 0 Å². The van der Waals surface area contributed by atoms with E-state index in [1.807, 2.05) is 24.0 Å². The predicted octanol–water partition coefficient (Wildman–Crippen LogP) is 2.38. The molecule has 0 bridgehead atoms. The van der Waals surface area contributed by atoms with Gasteiger partial charge in [-0.25, -0.2) is 4.98 Å². The molecule has 0 saturated heterocycles. The summed E-state index contributed by atoms with van der Waals surface area (Å²) < 4.78 is 2.02. The second-order valence-electron chi connectivity index (χ2n) is 4.07. The van der Waals surface area contributed by atoms with Gasteiger partial charge in [-0.2, -0.15) is 0 Å². The van der Waals surface area contributed by atoms with Crippen LogP contribution in [0.4, 0.5) is 0 Å². The van der Waals surface area contributed by atoms with Crippen LogP contribution in [-0.2, 0) is 13.5 Å². The summed E-state index contributed by atoms with van der Waals surface area (Å²) in [6.07, 6.45) is 4.69. The smallest absolute Gasteiger partial charge is 0.172 e. The molecule has 2 rings (SSSR count). The molecule has 4 heteroatoms. The zero-order chi connectivity index (χ0) is 12.3. The SMILES string of the molecule is Cc1ccc(Sc2nccn2C)c(CCN)c1. The number of imidazole rings is 1. The van der Waals surface area contributed by atoms with Gasteiger partial charge in [0.15, 0.2) is 5.16 Å². The molecule has 3 nitrogen and oxygen atoms in total. The standard InChI is InChI=1S/C13H17N3S/c1-10-3-4-12(11(9-10)5-6-14)17-13-15-7-8-16(13)2/h3-4,7-9H,5-6,14H2,1-2H3. The van der Waals surface area contributed by atoms with Gasteiger partial charge < -0.3 is 10.3 Å². The van der Waals surface area contributed by atoms with Crippen molar-refractivity contribution in [2.75, 3.05) is 6.54 Å². The Kier molecular flexibility index (Phi) is 3.86. The van der Waals surface area contributed by atoms with Gasteiger partial charge in [0.2, 0.25) is 0 Å². The van der Waals surface area contributed by atoms with Crippen LogP contribution in [0.1, 0.15) is 11.1 Å². The fourth-order valence-corrected chi connectivity index (χ4v) is 2.65. The van der Waals surface area contributed by atoms with E-state index in [2.05, 4.69) is 30.1 Å². The van der Waals surface area contributed by atoms with Crippen molar-refractivity contribution in [3.05, 3.63) is 41.7 Å². The Morgan fingerprint density at radius 1 is 1.41 bits per heavy atom. The molecule has 1 aromatic carbocycles. The van der Waals surface area contributed by atoms with Crippen molar-refractivity contribution in [1.82, 2.24) is 9.55 Å². The quantitative estimate of drug-likeness (QED) is 0.902. The Labute approximate surface area is 106 Å². The maximum absolute atomic E-state index is 5.65. The first kappa shape index (κ1) is 12.2. The molecule has 0 aliphatic heterocycles. The number of nitrogens with two attached hydrogens (primary N) is 1. The van der Waals surface area contributed by atoms with Gasteiger partial charge in [0, 0.05) is 24.3 Å². The zero-order valence-corrected chi connectivity index (χ0v) is 11.0. The first-order chi connectivity index (χ1) is 8.20. The number of aryl methyl sites for hydroxylation is 2. The highest BCUT2D eigenvalue weighted by atomic mass is 32.2. The third kappa shape index (κ3) is 2.90. The molecule has 0 saturated carbocycles. The molecule has 0 spiro atoms. The molecule has 0 fully saturated rings. The van der Waals surface area contributed by atoms with Crippen molar-refractivity contribution in [3.63, 3.8) is 0 Å². The average molecular weight is 247 g/mol. The lowest BCUT2D eigenvalue weighted by Crippen LogP contribution is -2.04. The lowest BCUT2D eigenvalue weighted by atomic mass is 10.1. The molecule has 2 aromatic rings. The molecule has 90 valence electrons. The summed E-state index contributed by atoms with van der Waals surface area (Å²) in [7, 11) is 2.01. The van der Waals surface area contributed by atoms with Crippen molar-refractivity contribution in [2.45, 2.75) is 23.4 Å². The monoisotopic (exact) mass is 247 g/mol. The van der Waals surface area contributed by atoms with Crippen molar-refractivity contribution in [3.8, 4) is 0 Å². The number of benzene rings is 1. The first-order valence-electron chi connectivity index (χ1n) is 5.65. The zero-order valence-electron chi connectivity index (χ0n) is 10.2. The molecule has 1 heterocycles. The van der Waals surface area contributed by atoms with Crippen LogP contribution in [0, 0.1) is 6.92 Å². The molecule has 0 unspecified atom stereocenters. The Balaban J connectivity index is 2.29. The summed E-state index contributed by atoms with van der Waals surface area (Å²) in [5.74, 6) is 0. The molecule has 0 aliphatic rings. The van der Waals surface area contributed by atoms with E-state index < -0.39 is 0 Å². The van der Waals surface area contributed by atoms with E-state index in [4.69, 9.17) is 5.73 Å². The molecule has 0 amide bonds. The Morgan fingerprint density at radius 3 is 2.88 bits per heavy atom. The highest BCUT2D eigenvalue weighted by molar-refractivity contribution is 7.99. The van der Waals surface area contributed by atoms with E-state index in [9.17, 15) is 0 Å². The molecule has 2 N–H and O–H groups in total. The van der Waals surface area contributed by atoms with Crippen LogP contribution in [0.3, 0.4) is 0 Å². The van der Waals surface area contributed by atoms with E-state index in [-0.39, 0.29) is 0 Å². The fourth-order valence-electron chi connectivity index (χ4n) is 1.71. The number of aromatic nitrogens is 2. The third-order valence-corrected chi connectivity index (χ3v) is 3.80. The number of rotatable bonds is 4. The van der Waals surface area contributed by atoms with Crippen LogP contribution in [0.5, 0.6) is 0 Å². The van der Waals surface area contributed by atoms with E-state index in [1.165, 1.54) is 16.0 Å². The topological polar surface area (TPSA) is 43.8 Å². The minimum Gasteiger partial charge on any atom is -0.330 e. The van der Waals surface area contributed by atoms with Crippen molar-refractivity contribution >= 4 is 11.8 Å². The average Bonchev–Trinajstić information content (AvgIpc) is 2.69. The maximum atomic E-state index is 5.65. The first-order valence-corrected chi connectivity index (χ1v) is 6.47. The Bertz CT molecular complexity index is 505. The summed E-state index contributed by atoms with van der Waals surface area (Å²) in [5, 5.41) is 1.01. The molecular formula is C13H17N3S. The summed E-state index contributed by atoms with van der Waals surface area (Å²) in [4.78, 5) is 5.58. The van der Waals surface area contributed by atoms with Gasteiger partial charge in [-0.1, -0.05) is 29.5 Å². The predicted molar refractivity (Wildman–Crippen MR) is 71.3 cm³/mol. The van der Waals surface area contributed by atoms with Gasteiger partial charge in [0.1, 0.15) is 0 Å². The normalized spacial score (nSPS) is 10.8. The molecule has 0 atom stereocenters. The van der Waals surface area contributed by atoms with Crippen LogP contribution in [0.25, 0.3) is 0 Å². The highest BCUT2D eigenvalue weighted by Gasteiger charge is 2.07. The van der Waals surface area contributed by atoms with Gasteiger partial charge in [0.05, 0.1) is 0 Å². The molecular weight excluding hydrogens is 230 g/mol. The highest BCUT2D eigenvalue weighted by Crippen LogP contribution is 2.29. The van der Waals surface area contributed by atoms with Gasteiger partial charge in [-0.3, -0.25) is 0 Å². The Hall–Kier alpha value is -1.26. The van der Waals surface area contributed by atoms with Crippen molar-refractivity contribution in [1.29, 1.82) is 0 Å². The summed E-state index contributed by atoms with van der Waals surface area (Å²) in [6.45, 7) is 2.78. The second-order valence-corrected chi connectivity index (χ2v) is 5.08. The molecule has 0 aliphatic carbocycles. The number of hydrogen-bond donors (Lipinski definition) is 1. The number of hydrogen-bond acceptors (Lipinski definition) is 3. The minimum absolute atomic E-state index is 0.678. The number of nitrogens with zero attached hydrogens (tertiary/aromatic N) is 2. The van der Waals surface area contributed by atoms with Crippen LogP contribution < -0.4 is 5.73 Å². The van der Waals surface area contributed by atoms with Crippen molar-refractivity contribution in [2.24, 2.45) is 12.8 Å². The third-order valence-electron chi connectivity index (χ3n) is 2.61. The summed E-state index contributed by atoms with van der Waals surface area (Å²) in [6, 6.07) is 6.49. The molecule has 0 radical (unpaired) electrons. The van der Waals surface area contributed by atoms with Crippen molar-refractivity contribution < 1.29 is 0 Å². The lowest BCUT2D eigenvalue weighted by molar-refractivity contribution is 0.789. The van der Waals surface area contributed by atoms with Gasteiger partial charge >= 0.3 is 0 Å². The fraction of sp³-hybridized carbons (Fsp3) is 0.308. The van der Waals surface area contributed by atoms with E-state index in [1.54, 1.807) is 11.8 Å². The molecule has 17 heavy (non-hydrogen) atoms. The van der Waals surface area contributed by atoms with Crippen LogP contribution in [0.15, 0.2) is 40.6 Å². The molecule has 1 aromatic heterocycles. The van der Waals surface area contributed by atoms with E-state index in [0.717, 1.165) is 11.6 Å². The van der Waals surface area contributed by atoms with Gasteiger partial charge in [-0.05, 0) is 31.5 Å². The van der Waals surface area contributed by atoms with E-state index >= 15 is 0 Å². The van der Waals surface area contributed by atoms with Crippen LogP contribution in [0.2, 0.25) is 0 Å². The maximum Gasteiger partial charge on any atom is 0.172 e. The van der Waals surface area contributed by atoms with Crippen LogP contribution in [-0.4, -0.2) is 16.1 Å². The largest absolute Gasteiger partial charge is 0.330 e. The van der Waals surface area contributed by atoms with E-state index in [0.29, 0.717) is 6.54 Å². The second kappa shape index (κ2) is 5.38. The minimum atomic E-state index is 0.678. The van der Waals surface area contributed by atoms with Crippen LogP contribution >= 0.6 is 11.8 Å². The lowest BCUT2D eigenvalue weighted by Gasteiger charge is -2.09. The summed E-state index contributed by atoms with van der Waals surface area (Å²) >= 11 is 1.69.